The lowest BCUT2D eigenvalue weighted by molar-refractivity contribution is 0.496. The number of nitrogens with zero attached hydrogens (tertiary/aromatic N) is 2. The smallest absolute Gasteiger partial charge is 0.111 e. The van der Waals surface area contributed by atoms with E-state index in [1.54, 1.807) is 0 Å². The average molecular weight is 377 g/mol. The summed E-state index contributed by atoms with van der Waals surface area (Å²) in [4.78, 5) is 4.74. The second kappa shape index (κ2) is 6.24. The fourth-order valence-electron chi connectivity index (χ4n) is 2.42. The third-order valence-corrected chi connectivity index (χ3v) is 4.05. The number of benzene rings is 1. The Morgan fingerprint density at radius 3 is 2.89 bits per heavy atom. The predicted octanol–water partition coefficient (Wildman–Crippen LogP) is 4.78. The van der Waals surface area contributed by atoms with E-state index in [4.69, 9.17) is 16.6 Å². The van der Waals surface area contributed by atoms with Gasteiger partial charge in [-0.3, -0.25) is 0 Å². The highest BCUT2D eigenvalue weighted by Gasteiger charge is 2.15. The van der Waals surface area contributed by atoms with Crippen molar-refractivity contribution in [2.24, 2.45) is 0 Å². The zero-order chi connectivity index (χ0) is 13.1. The van der Waals surface area contributed by atoms with Crippen LogP contribution in [0.1, 0.15) is 38.6 Å². The van der Waals surface area contributed by atoms with Gasteiger partial charge in [-0.25, -0.2) is 4.98 Å². The van der Waals surface area contributed by atoms with Gasteiger partial charge in [-0.15, -0.1) is 11.6 Å². The van der Waals surface area contributed by atoms with Crippen molar-refractivity contribution >= 4 is 45.2 Å². The molecule has 0 amide bonds. The number of fused-ring (bicyclic) bond motifs is 1. The van der Waals surface area contributed by atoms with Crippen LogP contribution in [0.3, 0.4) is 0 Å². The summed E-state index contributed by atoms with van der Waals surface area (Å²) in [5.41, 5.74) is 2.32. The number of hydrogen-bond acceptors (Lipinski definition) is 1. The van der Waals surface area contributed by atoms with E-state index < -0.39 is 0 Å². The summed E-state index contributed by atoms with van der Waals surface area (Å²) in [5, 5.41) is 0. The average Bonchev–Trinajstić information content (AvgIpc) is 2.67. The lowest BCUT2D eigenvalue weighted by Crippen LogP contribution is -2.09. The summed E-state index contributed by atoms with van der Waals surface area (Å²) in [6.45, 7) is 4.49. The van der Waals surface area contributed by atoms with Crippen LogP contribution in [0.4, 0.5) is 0 Å². The molecule has 0 aliphatic rings. The van der Waals surface area contributed by atoms with Crippen LogP contribution in [-0.2, 0) is 6.42 Å². The van der Waals surface area contributed by atoms with Crippen LogP contribution in [0.25, 0.3) is 11.0 Å². The van der Waals surface area contributed by atoms with Crippen molar-refractivity contribution in [3.8, 4) is 0 Å². The first-order valence-electron chi connectivity index (χ1n) is 6.39. The number of aryl methyl sites for hydroxylation is 1. The van der Waals surface area contributed by atoms with Crippen LogP contribution in [0.2, 0.25) is 0 Å². The lowest BCUT2D eigenvalue weighted by atomic mass is 10.2. The highest BCUT2D eigenvalue weighted by Crippen LogP contribution is 2.25. The molecule has 1 unspecified atom stereocenters. The Kier molecular flexibility index (Phi) is 4.90. The summed E-state index contributed by atoms with van der Waals surface area (Å²) in [6, 6.07) is 6.94. The van der Waals surface area contributed by atoms with Crippen LogP contribution in [0, 0.1) is 3.57 Å². The maximum Gasteiger partial charge on any atom is 0.111 e. The third-order valence-electron chi connectivity index (χ3n) is 3.19. The fourth-order valence-corrected chi connectivity index (χ4v) is 3.07. The molecule has 18 heavy (non-hydrogen) atoms. The van der Waals surface area contributed by atoms with Crippen molar-refractivity contribution in [1.29, 1.82) is 0 Å². The van der Waals surface area contributed by atoms with E-state index in [1.807, 2.05) is 0 Å². The molecule has 1 atom stereocenters. The van der Waals surface area contributed by atoms with Crippen LogP contribution in [-0.4, -0.2) is 15.4 Å². The number of alkyl halides is 1. The Labute approximate surface area is 127 Å². The quantitative estimate of drug-likeness (QED) is 0.542. The lowest BCUT2D eigenvalue weighted by Gasteiger charge is -2.16. The van der Waals surface area contributed by atoms with Crippen molar-refractivity contribution < 1.29 is 0 Å². The van der Waals surface area contributed by atoms with Crippen LogP contribution in [0.15, 0.2) is 18.2 Å². The van der Waals surface area contributed by atoms with Gasteiger partial charge in [-0.1, -0.05) is 13.3 Å². The standard InChI is InChI=1S/C14H18ClIN2/c1-3-4-10(2)18-13-6-5-11(16)9-12(13)17-14(18)7-8-15/h5-6,9-10H,3-4,7-8H2,1-2H3. The zero-order valence-electron chi connectivity index (χ0n) is 10.8. The normalized spacial score (nSPS) is 13.1. The maximum absolute atomic E-state index is 5.89. The van der Waals surface area contributed by atoms with Gasteiger partial charge in [0.2, 0.25) is 0 Å². The molecule has 0 bridgehead atoms. The van der Waals surface area contributed by atoms with Gasteiger partial charge in [0.05, 0.1) is 11.0 Å². The van der Waals surface area contributed by atoms with Crippen LogP contribution in [0.5, 0.6) is 0 Å². The molecule has 4 heteroatoms. The first-order chi connectivity index (χ1) is 8.67. The maximum atomic E-state index is 5.89. The molecule has 0 radical (unpaired) electrons. The summed E-state index contributed by atoms with van der Waals surface area (Å²) in [5.74, 6) is 1.74. The molecule has 0 aliphatic carbocycles. The summed E-state index contributed by atoms with van der Waals surface area (Å²) in [6.07, 6.45) is 3.19. The van der Waals surface area contributed by atoms with Crippen molar-refractivity contribution in [3.63, 3.8) is 0 Å². The summed E-state index contributed by atoms with van der Waals surface area (Å²) < 4.78 is 3.59. The SMILES string of the molecule is CCCC(C)n1c(CCCl)nc2cc(I)ccc21. The Morgan fingerprint density at radius 2 is 2.22 bits per heavy atom. The molecule has 98 valence electrons. The van der Waals surface area contributed by atoms with Crippen molar-refractivity contribution in [2.75, 3.05) is 5.88 Å². The predicted molar refractivity (Wildman–Crippen MR) is 86.5 cm³/mol. The van der Waals surface area contributed by atoms with Gasteiger partial charge in [0.15, 0.2) is 0 Å². The van der Waals surface area contributed by atoms with Gasteiger partial charge < -0.3 is 4.57 Å². The molecule has 2 nitrogen and oxygen atoms in total. The van der Waals surface area contributed by atoms with E-state index in [9.17, 15) is 0 Å². The molecular formula is C14H18ClIN2. The van der Waals surface area contributed by atoms with Gasteiger partial charge in [-0.2, -0.15) is 0 Å². The molecule has 0 N–H and O–H groups in total. The fraction of sp³-hybridized carbons (Fsp3) is 0.500. The molecule has 2 aromatic rings. The zero-order valence-corrected chi connectivity index (χ0v) is 13.7. The van der Waals surface area contributed by atoms with Crippen molar-refractivity contribution in [1.82, 2.24) is 9.55 Å². The molecule has 2 rings (SSSR count). The summed E-state index contributed by atoms with van der Waals surface area (Å²) in [7, 11) is 0. The van der Waals surface area contributed by atoms with Crippen molar-refractivity contribution in [3.05, 3.63) is 27.6 Å². The molecule has 1 aromatic heterocycles. The monoisotopic (exact) mass is 376 g/mol. The molecule has 0 saturated heterocycles. The van der Waals surface area contributed by atoms with Crippen LogP contribution >= 0.6 is 34.2 Å². The molecule has 0 aliphatic heterocycles. The third kappa shape index (κ3) is 2.82. The Bertz CT molecular complexity index is 536. The Balaban J connectivity index is 2.54. The number of aromatic nitrogens is 2. The van der Waals surface area contributed by atoms with E-state index in [1.165, 1.54) is 21.9 Å². The Hall–Kier alpha value is -0.290. The van der Waals surface area contributed by atoms with Gasteiger partial charge in [0.25, 0.3) is 0 Å². The molecular weight excluding hydrogens is 359 g/mol. The van der Waals surface area contributed by atoms with E-state index in [2.05, 4.69) is 59.2 Å². The van der Waals surface area contributed by atoms with E-state index in [-0.39, 0.29) is 0 Å². The summed E-state index contributed by atoms with van der Waals surface area (Å²) >= 11 is 8.22. The molecule has 1 aromatic carbocycles. The van der Waals surface area contributed by atoms with E-state index >= 15 is 0 Å². The highest BCUT2D eigenvalue weighted by atomic mass is 127. The molecule has 0 saturated carbocycles. The second-order valence-corrected chi connectivity index (χ2v) is 6.23. The minimum Gasteiger partial charge on any atom is -0.325 e. The minimum absolute atomic E-state index is 0.485. The number of halogens is 2. The second-order valence-electron chi connectivity index (χ2n) is 4.61. The van der Waals surface area contributed by atoms with E-state index in [0.717, 1.165) is 17.8 Å². The topological polar surface area (TPSA) is 17.8 Å². The number of hydrogen-bond donors (Lipinski definition) is 0. The Morgan fingerprint density at radius 1 is 1.44 bits per heavy atom. The van der Waals surface area contributed by atoms with Gasteiger partial charge >= 0.3 is 0 Å². The van der Waals surface area contributed by atoms with E-state index in [0.29, 0.717) is 11.9 Å². The van der Waals surface area contributed by atoms with Crippen molar-refractivity contribution in [2.45, 2.75) is 39.2 Å². The molecule has 0 spiro atoms. The molecule has 0 fully saturated rings. The van der Waals surface area contributed by atoms with Crippen LogP contribution < -0.4 is 0 Å². The molecule has 1 heterocycles. The minimum atomic E-state index is 0.485. The number of imidazole rings is 1. The first kappa shape index (κ1) is 14.1. The van der Waals surface area contributed by atoms with Gasteiger partial charge in [-0.05, 0) is 54.1 Å². The largest absolute Gasteiger partial charge is 0.325 e. The van der Waals surface area contributed by atoms with Gasteiger partial charge in [0, 0.05) is 21.9 Å². The van der Waals surface area contributed by atoms with Gasteiger partial charge in [0.1, 0.15) is 5.82 Å². The highest BCUT2D eigenvalue weighted by molar-refractivity contribution is 14.1. The number of rotatable bonds is 5. The first-order valence-corrected chi connectivity index (χ1v) is 8.01.